The van der Waals surface area contributed by atoms with Gasteiger partial charge in [0.25, 0.3) is 11.8 Å². The molecular weight excluding hydrogens is 1260 g/mol. The van der Waals surface area contributed by atoms with Gasteiger partial charge in [-0.15, -0.1) is 0 Å². The van der Waals surface area contributed by atoms with Crippen LogP contribution in [0.5, 0.6) is 5.75 Å². The Morgan fingerprint density at radius 1 is 0.761 bits per heavy atom. The fraction of sp³-hybridized carbons (Fsp3) is 0.583. The van der Waals surface area contributed by atoms with Crippen molar-refractivity contribution in [3.63, 3.8) is 0 Å². The van der Waals surface area contributed by atoms with E-state index in [1.807, 2.05) is 21.9 Å². The first kappa shape index (κ1) is 69.9. The Morgan fingerprint density at radius 3 is 2.00 bits per heavy atom. The van der Waals surface area contributed by atoms with E-state index in [0.717, 1.165) is 40.6 Å². The summed E-state index contributed by atoms with van der Waals surface area (Å²) in [7, 11) is 0. The van der Waals surface area contributed by atoms with Crippen molar-refractivity contribution in [2.24, 2.45) is 11.0 Å². The average molecular weight is 1340 g/mol. The molecular formula is C60H82F2IN13O12. The molecule has 3 aromatic rings. The highest BCUT2D eigenvalue weighted by molar-refractivity contribution is 14.1. The molecule has 0 saturated carbocycles. The molecule has 3 fully saturated rings. The zero-order valence-corrected chi connectivity index (χ0v) is 51.8. The molecule has 3 aliphatic heterocycles. The predicted molar refractivity (Wildman–Crippen MR) is 329 cm³/mol. The fourth-order valence-corrected chi connectivity index (χ4v) is 11.2. The van der Waals surface area contributed by atoms with Crippen LogP contribution in [0.3, 0.4) is 0 Å². The molecule has 7 N–H and O–H groups in total. The van der Waals surface area contributed by atoms with Crippen LogP contribution in [0.1, 0.15) is 93.0 Å². The smallest absolute Gasteiger partial charge is 0.317 e. The Morgan fingerprint density at radius 2 is 1.39 bits per heavy atom. The van der Waals surface area contributed by atoms with Crippen LogP contribution >= 0.6 is 22.6 Å². The van der Waals surface area contributed by atoms with Crippen LogP contribution in [0.25, 0.3) is 10.9 Å². The molecule has 480 valence electrons. The van der Waals surface area contributed by atoms with Gasteiger partial charge in [0.15, 0.2) is 0 Å². The van der Waals surface area contributed by atoms with Gasteiger partial charge < -0.3 is 45.8 Å². The highest BCUT2D eigenvalue weighted by Crippen LogP contribution is 2.32. The molecule has 28 heteroatoms. The van der Waals surface area contributed by atoms with Gasteiger partial charge in [-0.2, -0.15) is 10.4 Å². The van der Waals surface area contributed by atoms with Crippen molar-refractivity contribution >= 4 is 87.2 Å². The number of piperidine rings is 1. The number of carboxylic acid groups (broad SMARTS) is 3. The van der Waals surface area contributed by atoms with Crippen LogP contribution in [0.2, 0.25) is 0 Å². The molecule has 4 heterocycles. The predicted octanol–water partition coefficient (Wildman–Crippen LogP) is 3.31. The van der Waals surface area contributed by atoms with E-state index < -0.39 is 67.4 Å². The van der Waals surface area contributed by atoms with Crippen LogP contribution in [-0.4, -0.2) is 239 Å². The number of carbonyl (C=O) groups excluding carboxylic acids is 5. The Hall–Kier alpha value is -7.20. The molecule has 1 aromatic heterocycles. The molecule has 0 bridgehead atoms. The van der Waals surface area contributed by atoms with Crippen LogP contribution in [0.15, 0.2) is 59.8 Å². The van der Waals surface area contributed by atoms with E-state index in [2.05, 4.69) is 66.2 Å². The number of benzene rings is 2. The number of nitrogens with zero attached hydrogens (tertiary/aromatic N) is 9. The largest absolute Gasteiger partial charge is 0.494 e. The molecule has 3 aliphatic rings. The van der Waals surface area contributed by atoms with Crippen LogP contribution in [0.4, 0.5) is 8.78 Å². The van der Waals surface area contributed by atoms with Gasteiger partial charge in [0.1, 0.15) is 18.0 Å². The zero-order valence-electron chi connectivity index (χ0n) is 49.6. The van der Waals surface area contributed by atoms with Crippen molar-refractivity contribution in [2.45, 2.75) is 102 Å². The number of nitriles is 1. The summed E-state index contributed by atoms with van der Waals surface area (Å²) in [6.45, 7) is 1.61. The van der Waals surface area contributed by atoms with Gasteiger partial charge >= 0.3 is 17.9 Å². The van der Waals surface area contributed by atoms with Gasteiger partial charge in [-0.05, 0) is 135 Å². The second-order valence-electron chi connectivity index (χ2n) is 22.5. The first-order chi connectivity index (χ1) is 42.2. The number of amides is 5. The Labute approximate surface area is 524 Å². The second kappa shape index (κ2) is 36.3. The number of likely N-dealkylation sites (tertiary alicyclic amines) is 2. The Bertz CT molecular complexity index is 2860. The molecule has 88 heavy (non-hydrogen) atoms. The first-order valence-corrected chi connectivity index (χ1v) is 31.1. The number of carbonyl (C=O) groups is 8. The molecule has 1 unspecified atom stereocenters. The SMILES string of the molecule is N#C[C@H]1CC(F)(F)CN1C(=O)CNC(=O)c1ccnc2ccc(OCCCC3CCN(C(=O)CC/C=N\NC(CCCCNC(=O)CCCc4ccc(I)cc4)NC(=O)CN4CCN(CC(=O)O)CCN(CC(=O)O)CCN(CC(=O)O)CC4)CC3)cc12. The molecule has 2 atom stereocenters. The Kier molecular flexibility index (Phi) is 28.8. The number of aromatic nitrogens is 1. The van der Waals surface area contributed by atoms with Crippen molar-refractivity contribution in [2.75, 3.05) is 118 Å². The molecule has 6 rings (SSSR count). The molecule has 5 amide bonds. The lowest BCUT2D eigenvalue weighted by atomic mass is 9.92. The molecule has 0 spiro atoms. The maximum atomic E-state index is 13.9. The van der Waals surface area contributed by atoms with Gasteiger partial charge in [0.05, 0.1) is 63.0 Å². The molecule has 25 nitrogen and oxygen atoms in total. The normalized spacial score (nSPS) is 18.0. The van der Waals surface area contributed by atoms with Gasteiger partial charge in [-0.1, -0.05) is 12.1 Å². The lowest BCUT2D eigenvalue weighted by molar-refractivity contribution is -0.140. The van der Waals surface area contributed by atoms with E-state index in [4.69, 9.17) is 4.74 Å². The highest BCUT2D eigenvalue weighted by atomic mass is 127. The van der Waals surface area contributed by atoms with E-state index in [1.54, 1.807) is 45.2 Å². The van der Waals surface area contributed by atoms with Crippen molar-refractivity contribution in [3.8, 4) is 11.8 Å². The number of halogens is 3. The van der Waals surface area contributed by atoms with Gasteiger partial charge in [0, 0.05) is 113 Å². The number of alkyl halides is 2. The lowest BCUT2D eigenvalue weighted by Gasteiger charge is -2.33. The lowest BCUT2D eigenvalue weighted by Crippen LogP contribution is -2.51. The third kappa shape index (κ3) is 25.1. The van der Waals surface area contributed by atoms with Gasteiger partial charge in [-0.3, -0.25) is 68.4 Å². The molecule has 2 aromatic carbocycles. The van der Waals surface area contributed by atoms with E-state index in [0.29, 0.717) is 87.3 Å². The average Bonchev–Trinajstić information content (AvgIpc) is 1.86. The number of hydrogen-bond acceptors (Lipinski definition) is 17. The third-order valence-corrected chi connectivity index (χ3v) is 16.4. The number of pyridine rings is 1. The summed E-state index contributed by atoms with van der Waals surface area (Å²) in [6, 6.07) is 15.3. The summed E-state index contributed by atoms with van der Waals surface area (Å²) < 4.78 is 35.0. The number of hydrazone groups is 1. The zero-order chi connectivity index (χ0) is 63.4. The van der Waals surface area contributed by atoms with E-state index >= 15 is 0 Å². The fourth-order valence-electron chi connectivity index (χ4n) is 10.8. The van der Waals surface area contributed by atoms with Crippen molar-refractivity contribution in [1.29, 1.82) is 5.26 Å². The van der Waals surface area contributed by atoms with Crippen molar-refractivity contribution in [1.82, 2.24) is 55.8 Å². The summed E-state index contributed by atoms with van der Waals surface area (Å²) in [6.07, 6.45) is 9.06. The minimum Gasteiger partial charge on any atom is -0.494 e. The van der Waals surface area contributed by atoms with Crippen molar-refractivity contribution in [3.05, 3.63) is 69.4 Å². The number of ether oxygens (including phenoxy) is 1. The maximum Gasteiger partial charge on any atom is 0.317 e. The number of hydrogen-bond donors (Lipinski definition) is 7. The summed E-state index contributed by atoms with van der Waals surface area (Å²) in [5.74, 6) is -7.25. The number of rotatable bonds is 31. The second-order valence-corrected chi connectivity index (χ2v) is 23.7. The summed E-state index contributed by atoms with van der Waals surface area (Å²) in [5, 5.41) is 51.5. The number of carboxylic acids is 3. The summed E-state index contributed by atoms with van der Waals surface area (Å²) >= 11 is 2.25. The molecule has 0 radical (unpaired) electrons. The van der Waals surface area contributed by atoms with Crippen molar-refractivity contribution < 1.29 is 67.2 Å². The van der Waals surface area contributed by atoms with E-state index in [9.17, 15) is 67.7 Å². The number of nitrogens with one attached hydrogen (secondary N) is 4. The van der Waals surface area contributed by atoms with Gasteiger partial charge in [0.2, 0.25) is 23.6 Å². The summed E-state index contributed by atoms with van der Waals surface area (Å²) in [5.41, 5.74) is 4.93. The number of fused-ring (bicyclic) bond motifs is 1. The quantitative estimate of drug-likeness (QED) is 0.0160. The van der Waals surface area contributed by atoms with Crippen LogP contribution < -0.4 is 26.1 Å². The van der Waals surface area contributed by atoms with Crippen LogP contribution in [-0.2, 0) is 40.0 Å². The summed E-state index contributed by atoms with van der Waals surface area (Å²) in [4.78, 5) is 115. The maximum absolute atomic E-state index is 13.9. The van der Waals surface area contributed by atoms with Gasteiger partial charge in [-0.25, -0.2) is 8.78 Å². The molecule has 0 aliphatic carbocycles. The monoisotopic (exact) mass is 1340 g/mol. The topological polar surface area (TPSA) is 323 Å². The number of unbranched alkanes of at least 4 members (excludes halogenated alkanes) is 1. The Balaban J connectivity index is 0.950. The standard InChI is InChI=1S/C60H82F2IN13O12/c61-60(62)35-46(36-64)76(42-60)55(80)37-67-59(87)48-17-22-65-50-16-15-47(34-49(48)50)88-33-5-7-44-18-23-75(24-19-44)54(79)10-4-21-68-70-51(8-1-2-20-66-52(77)9-3-6-43-11-13-45(63)14-12-43)69-53(78)38-71-25-27-72(39-56(81)82)29-31-74(41-58(85)86)32-30-73(28-26-71)40-57(83)84/h11-17,21-22,34,44,46,51,70H,1-10,18-20,23-33,35,37-42H2,(H,66,77)(H,67,87)(H,69,78)(H,81,82)(H,83,84)(H,85,86)/b68-21-/t46-,51?/m1/s1. The third-order valence-electron chi connectivity index (χ3n) is 15.6. The highest BCUT2D eigenvalue weighted by Gasteiger charge is 2.47. The molecule has 3 saturated heterocycles. The minimum atomic E-state index is -3.18. The van der Waals surface area contributed by atoms with E-state index in [1.165, 1.54) is 17.8 Å². The number of aliphatic carboxylic acids is 3. The van der Waals surface area contributed by atoms with E-state index in [-0.39, 0.29) is 108 Å². The first-order valence-electron chi connectivity index (χ1n) is 30.0. The number of aryl methyl sites for hydroxylation is 1. The van der Waals surface area contributed by atoms with Crippen LogP contribution in [0, 0.1) is 20.8 Å². The minimum absolute atomic E-state index is 0.00294.